The standard InChI is InChI=1S/C16H18F6N2O/c17-12-8-14(19)13(18)6-9(12)5-11(23)7-15(25)24-3-1-10(2-4-24)16(20,21)22/h6,8,10-11H,1-5,7,23H2/t11-/m1/s1. The molecule has 1 aliphatic rings. The molecule has 1 aliphatic heterocycles. The topological polar surface area (TPSA) is 46.3 Å². The summed E-state index contributed by atoms with van der Waals surface area (Å²) in [5.74, 6) is -5.35. The van der Waals surface area contributed by atoms with E-state index in [0.29, 0.717) is 12.1 Å². The quantitative estimate of drug-likeness (QED) is 0.656. The second kappa shape index (κ2) is 7.63. The summed E-state index contributed by atoms with van der Waals surface area (Å²) in [5, 5.41) is 0. The Balaban J connectivity index is 1.88. The molecule has 1 heterocycles. The molecule has 140 valence electrons. The molecule has 0 aromatic heterocycles. The van der Waals surface area contributed by atoms with Gasteiger partial charge in [-0.15, -0.1) is 0 Å². The van der Waals surface area contributed by atoms with Crippen LogP contribution in [-0.4, -0.2) is 36.1 Å². The summed E-state index contributed by atoms with van der Waals surface area (Å²) in [6.07, 6.45) is -5.00. The van der Waals surface area contributed by atoms with Crippen LogP contribution < -0.4 is 5.73 Å². The van der Waals surface area contributed by atoms with Crippen LogP contribution in [0.4, 0.5) is 26.3 Å². The van der Waals surface area contributed by atoms with Crippen molar-refractivity contribution in [2.24, 2.45) is 11.7 Å². The fraction of sp³-hybridized carbons (Fsp3) is 0.562. The molecule has 1 aromatic rings. The first kappa shape index (κ1) is 19.6. The monoisotopic (exact) mass is 368 g/mol. The van der Waals surface area contributed by atoms with E-state index in [4.69, 9.17) is 5.73 Å². The van der Waals surface area contributed by atoms with E-state index in [1.165, 1.54) is 4.90 Å². The predicted molar refractivity (Wildman–Crippen MR) is 78.0 cm³/mol. The number of alkyl halides is 3. The van der Waals surface area contributed by atoms with Gasteiger partial charge in [0.15, 0.2) is 11.6 Å². The number of piperidine rings is 1. The molecule has 1 atom stereocenters. The third kappa shape index (κ3) is 5.10. The first-order chi connectivity index (χ1) is 11.6. The van der Waals surface area contributed by atoms with Crippen molar-refractivity contribution >= 4 is 5.91 Å². The van der Waals surface area contributed by atoms with Gasteiger partial charge in [-0.05, 0) is 30.9 Å². The summed E-state index contributed by atoms with van der Waals surface area (Å²) in [5.41, 5.74) is 5.60. The summed E-state index contributed by atoms with van der Waals surface area (Å²) in [6.45, 7) is -0.0372. The molecule has 2 N–H and O–H groups in total. The van der Waals surface area contributed by atoms with Gasteiger partial charge in [0.2, 0.25) is 5.91 Å². The molecule has 1 fully saturated rings. The molecule has 1 aromatic carbocycles. The Morgan fingerprint density at radius 2 is 1.68 bits per heavy atom. The van der Waals surface area contributed by atoms with Crippen molar-refractivity contribution in [3.05, 3.63) is 35.1 Å². The SMILES string of the molecule is N[C@@H](CC(=O)N1CCC(C(F)(F)F)CC1)Cc1cc(F)c(F)cc1F. The Morgan fingerprint density at radius 3 is 2.24 bits per heavy atom. The maximum absolute atomic E-state index is 13.6. The molecule has 1 saturated heterocycles. The number of nitrogens with zero attached hydrogens (tertiary/aromatic N) is 1. The molecule has 3 nitrogen and oxygen atoms in total. The van der Waals surface area contributed by atoms with Gasteiger partial charge in [-0.1, -0.05) is 0 Å². The van der Waals surface area contributed by atoms with Crippen LogP contribution in [0.2, 0.25) is 0 Å². The van der Waals surface area contributed by atoms with Crippen LogP contribution in [0.3, 0.4) is 0 Å². The fourth-order valence-electron chi connectivity index (χ4n) is 2.88. The minimum atomic E-state index is -4.27. The highest BCUT2D eigenvalue weighted by atomic mass is 19.4. The van der Waals surface area contributed by atoms with Crippen molar-refractivity contribution in [2.75, 3.05) is 13.1 Å². The van der Waals surface area contributed by atoms with Gasteiger partial charge in [0.05, 0.1) is 5.92 Å². The second-order valence-corrected chi connectivity index (χ2v) is 6.22. The minimum absolute atomic E-state index is 0.0186. The van der Waals surface area contributed by atoms with Crippen LogP contribution in [-0.2, 0) is 11.2 Å². The average molecular weight is 368 g/mol. The molecule has 0 saturated carbocycles. The first-order valence-corrected chi connectivity index (χ1v) is 7.81. The highest BCUT2D eigenvalue weighted by Gasteiger charge is 2.41. The number of hydrogen-bond acceptors (Lipinski definition) is 2. The Labute approximate surface area is 140 Å². The van der Waals surface area contributed by atoms with Crippen molar-refractivity contribution in [3.8, 4) is 0 Å². The number of halogens is 6. The van der Waals surface area contributed by atoms with Crippen LogP contribution in [0.25, 0.3) is 0 Å². The second-order valence-electron chi connectivity index (χ2n) is 6.22. The largest absolute Gasteiger partial charge is 0.391 e. The van der Waals surface area contributed by atoms with Crippen LogP contribution in [0, 0.1) is 23.4 Å². The smallest absolute Gasteiger partial charge is 0.343 e. The Hall–Kier alpha value is -1.77. The van der Waals surface area contributed by atoms with Gasteiger partial charge < -0.3 is 10.6 Å². The lowest BCUT2D eigenvalue weighted by Crippen LogP contribution is -2.44. The maximum atomic E-state index is 13.6. The summed E-state index contributed by atoms with van der Waals surface area (Å²) in [7, 11) is 0. The normalized spacial score (nSPS) is 17.6. The van der Waals surface area contributed by atoms with Crippen molar-refractivity contribution in [3.63, 3.8) is 0 Å². The van der Waals surface area contributed by atoms with Gasteiger partial charge in [-0.2, -0.15) is 13.2 Å². The lowest BCUT2D eigenvalue weighted by atomic mass is 9.95. The van der Waals surface area contributed by atoms with E-state index in [-0.39, 0.29) is 44.3 Å². The summed E-state index contributed by atoms with van der Waals surface area (Å²) >= 11 is 0. The zero-order chi connectivity index (χ0) is 18.8. The minimum Gasteiger partial charge on any atom is -0.343 e. The Morgan fingerprint density at radius 1 is 1.12 bits per heavy atom. The maximum Gasteiger partial charge on any atom is 0.391 e. The molecule has 0 spiro atoms. The molecule has 2 rings (SSSR count). The van der Waals surface area contributed by atoms with E-state index in [2.05, 4.69) is 0 Å². The van der Waals surface area contributed by atoms with Crippen LogP contribution in [0.15, 0.2) is 12.1 Å². The van der Waals surface area contributed by atoms with Crippen molar-refractivity contribution < 1.29 is 31.1 Å². The zero-order valence-electron chi connectivity index (χ0n) is 13.3. The number of rotatable bonds is 4. The van der Waals surface area contributed by atoms with Gasteiger partial charge in [-0.3, -0.25) is 4.79 Å². The number of hydrogen-bond donors (Lipinski definition) is 1. The molecular formula is C16H18F6N2O. The van der Waals surface area contributed by atoms with Gasteiger partial charge in [0.25, 0.3) is 0 Å². The highest BCUT2D eigenvalue weighted by Crippen LogP contribution is 2.34. The van der Waals surface area contributed by atoms with Gasteiger partial charge >= 0.3 is 6.18 Å². The average Bonchev–Trinajstić information content (AvgIpc) is 2.51. The number of nitrogens with two attached hydrogens (primary N) is 1. The van der Waals surface area contributed by atoms with Crippen molar-refractivity contribution in [1.82, 2.24) is 4.90 Å². The first-order valence-electron chi connectivity index (χ1n) is 7.81. The van der Waals surface area contributed by atoms with Crippen LogP contribution in [0.5, 0.6) is 0 Å². The summed E-state index contributed by atoms with van der Waals surface area (Å²) < 4.78 is 77.4. The van der Waals surface area contributed by atoms with E-state index < -0.39 is 41.5 Å². The van der Waals surface area contributed by atoms with E-state index in [1.54, 1.807) is 0 Å². The zero-order valence-corrected chi connectivity index (χ0v) is 13.3. The van der Waals surface area contributed by atoms with E-state index >= 15 is 0 Å². The third-order valence-electron chi connectivity index (χ3n) is 4.32. The fourth-order valence-corrected chi connectivity index (χ4v) is 2.88. The number of carbonyl (C=O) groups excluding carboxylic acids is 1. The molecular weight excluding hydrogens is 350 g/mol. The lowest BCUT2D eigenvalue weighted by Gasteiger charge is -2.33. The lowest BCUT2D eigenvalue weighted by molar-refractivity contribution is -0.186. The highest BCUT2D eigenvalue weighted by molar-refractivity contribution is 5.77. The molecule has 0 unspecified atom stereocenters. The summed E-state index contributed by atoms with van der Waals surface area (Å²) in [4.78, 5) is 13.4. The van der Waals surface area contributed by atoms with Gasteiger partial charge in [-0.25, -0.2) is 13.2 Å². The van der Waals surface area contributed by atoms with Crippen molar-refractivity contribution in [1.29, 1.82) is 0 Å². The number of benzene rings is 1. The predicted octanol–water partition coefficient (Wildman–Crippen LogP) is 3.16. The Bertz CT molecular complexity index is 626. The Kier molecular flexibility index (Phi) is 5.97. The van der Waals surface area contributed by atoms with Gasteiger partial charge in [0.1, 0.15) is 5.82 Å². The van der Waals surface area contributed by atoms with E-state index in [9.17, 15) is 31.1 Å². The van der Waals surface area contributed by atoms with E-state index in [1.807, 2.05) is 0 Å². The molecule has 1 amide bonds. The third-order valence-corrected chi connectivity index (χ3v) is 4.32. The number of likely N-dealkylation sites (tertiary alicyclic amines) is 1. The van der Waals surface area contributed by atoms with Crippen LogP contribution >= 0.6 is 0 Å². The molecule has 0 radical (unpaired) electrons. The van der Waals surface area contributed by atoms with Crippen molar-refractivity contribution in [2.45, 2.75) is 37.9 Å². The van der Waals surface area contributed by atoms with Gasteiger partial charge in [0, 0.05) is 31.6 Å². The van der Waals surface area contributed by atoms with E-state index in [0.717, 1.165) is 0 Å². The molecule has 25 heavy (non-hydrogen) atoms. The number of amides is 1. The molecule has 9 heteroatoms. The molecule has 0 aliphatic carbocycles. The van der Waals surface area contributed by atoms with Crippen LogP contribution in [0.1, 0.15) is 24.8 Å². The molecule has 0 bridgehead atoms. The number of carbonyl (C=O) groups is 1. The summed E-state index contributed by atoms with van der Waals surface area (Å²) in [6, 6.07) is 0.234.